The smallest absolute Gasteiger partial charge is 0.305 e. The second kappa shape index (κ2) is 9.14. The molecule has 8 heteroatoms. The Hall–Kier alpha value is -1.93. The predicted molar refractivity (Wildman–Crippen MR) is 99.6 cm³/mol. The lowest BCUT2D eigenvalue weighted by Gasteiger charge is -2.26. The van der Waals surface area contributed by atoms with Gasteiger partial charge in [-0.1, -0.05) is 17.7 Å². The van der Waals surface area contributed by atoms with Crippen LogP contribution in [-0.4, -0.2) is 49.4 Å². The van der Waals surface area contributed by atoms with Crippen molar-refractivity contribution in [2.75, 3.05) is 13.1 Å². The van der Waals surface area contributed by atoms with Crippen molar-refractivity contribution in [1.29, 1.82) is 0 Å². The Balaban J connectivity index is 2.76. The summed E-state index contributed by atoms with van der Waals surface area (Å²) in [6.07, 6.45) is -0.168. The minimum absolute atomic E-state index is 0.0268. The van der Waals surface area contributed by atoms with Crippen LogP contribution in [0.4, 0.5) is 0 Å². The van der Waals surface area contributed by atoms with E-state index in [-0.39, 0.29) is 42.8 Å². The number of hydrogen-bond donors (Lipinski definition) is 2. The highest BCUT2D eigenvalue weighted by Crippen LogP contribution is 2.21. The zero-order chi connectivity index (χ0) is 20.1. The maximum Gasteiger partial charge on any atom is 0.305 e. The molecule has 0 aliphatic heterocycles. The van der Waals surface area contributed by atoms with E-state index in [9.17, 15) is 18.0 Å². The summed E-state index contributed by atoms with van der Waals surface area (Å²) in [5, 5.41) is 8.78. The molecule has 2 N–H and O–H groups in total. The molecule has 0 fully saturated rings. The Kier molecular flexibility index (Phi) is 7.77. The number of hydrogen-bond acceptors (Lipinski definition) is 4. The minimum Gasteiger partial charge on any atom is -0.481 e. The summed E-state index contributed by atoms with van der Waals surface area (Å²) >= 11 is 0. The van der Waals surface area contributed by atoms with E-state index in [2.05, 4.69) is 4.72 Å². The SMILES string of the molecule is Cc1cc(C)c(S(=O)(=O)NCCC(=O)N(CCC(=O)O)C(C)C)c(C)c1. The minimum atomic E-state index is -3.72. The van der Waals surface area contributed by atoms with Crippen molar-refractivity contribution >= 4 is 21.9 Å². The first kappa shape index (κ1) is 22.1. The summed E-state index contributed by atoms with van der Waals surface area (Å²) in [7, 11) is -3.72. The van der Waals surface area contributed by atoms with E-state index in [1.807, 2.05) is 6.92 Å². The van der Waals surface area contributed by atoms with Crippen molar-refractivity contribution in [2.45, 2.75) is 58.4 Å². The van der Waals surface area contributed by atoms with Gasteiger partial charge in [-0.3, -0.25) is 9.59 Å². The van der Waals surface area contributed by atoms with Gasteiger partial charge in [-0.05, 0) is 45.7 Å². The summed E-state index contributed by atoms with van der Waals surface area (Å²) in [4.78, 5) is 24.7. The van der Waals surface area contributed by atoms with E-state index in [0.717, 1.165) is 5.56 Å². The fourth-order valence-corrected chi connectivity index (χ4v) is 4.47. The fraction of sp³-hybridized carbons (Fsp3) is 0.556. The molecule has 26 heavy (non-hydrogen) atoms. The van der Waals surface area contributed by atoms with Crippen LogP contribution >= 0.6 is 0 Å². The van der Waals surface area contributed by atoms with Gasteiger partial charge >= 0.3 is 5.97 Å². The zero-order valence-electron chi connectivity index (χ0n) is 16.0. The molecule has 0 spiro atoms. The number of nitrogens with zero attached hydrogens (tertiary/aromatic N) is 1. The Bertz CT molecular complexity index is 749. The number of carboxylic acid groups (broad SMARTS) is 1. The van der Waals surface area contributed by atoms with Crippen LogP contribution in [-0.2, 0) is 19.6 Å². The van der Waals surface area contributed by atoms with Gasteiger partial charge < -0.3 is 10.0 Å². The molecule has 1 aromatic carbocycles. The van der Waals surface area contributed by atoms with Gasteiger partial charge in [0.1, 0.15) is 0 Å². The maximum absolute atomic E-state index is 12.6. The van der Waals surface area contributed by atoms with Crippen LogP contribution in [0.1, 0.15) is 43.4 Å². The van der Waals surface area contributed by atoms with E-state index in [4.69, 9.17) is 5.11 Å². The van der Waals surface area contributed by atoms with Crippen LogP contribution in [0, 0.1) is 20.8 Å². The first-order valence-corrected chi connectivity index (χ1v) is 10.0. The molecule has 0 aliphatic carbocycles. The number of aryl methyl sites for hydroxylation is 3. The van der Waals surface area contributed by atoms with Crippen LogP contribution in [0.2, 0.25) is 0 Å². The number of carbonyl (C=O) groups excluding carboxylic acids is 1. The number of carbonyl (C=O) groups is 2. The molecule has 1 rings (SSSR count). The van der Waals surface area contributed by atoms with Crippen molar-refractivity contribution in [3.05, 3.63) is 28.8 Å². The van der Waals surface area contributed by atoms with E-state index >= 15 is 0 Å². The quantitative estimate of drug-likeness (QED) is 0.678. The van der Waals surface area contributed by atoms with E-state index in [1.165, 1.54) is 4.90 Å². The Morgan fingerprint density at radius 2 is 1.65 bits per heavy atom. The second-order valence-electron chi connectivity index (χ2n) is 6.70. The van der Waals surface area contributed by atoms with Crippen molar-refractivity contribution < 1.29 is 23.1 Å². The van der Waals surface area contributed by atoms with Crippen molar-refractivity contribution in [1.82, 2.24) is 9.62 Å². The third kappa shape index (κ3) is 6.10. The number of nitrogens with one attached hydrogen (secondary N) is 1. The van der Waals surface area contributed by atoms with Gasteiger partial charge in [0.25, 0.3) is 0 Å². The van der Waals surface area contributed by atoms with Gasteiger partial charge in [0.05, 0.1) is 11.3 Å². The van der Waals surface area contributed by atoms with Gasteiger partial charge in [-0.2, -0.15) is 0 Å². The Morgan fingerprint density at radius 3 is 2.12 bits per heavy atom. The lowest BCUT2D eigenvalue weighted by molar-refractivity contribution is -0.139. The number of benzene rings is 1. The molecule has 7 nitrogen and oxygen atoms in total. The number of carboxylic acids is 1. The average Bonchev–Trinajstić information content (AvgIpc) is 2.44. The predicted octanol–water partition coefficient (Wildman–Crippen LogP) is 1.99. The Morgan fingerprint density at radius 1 is 1.12 bits per heavy atom. The summed E-state index contributed by atoms with van der Waals surface area (Å²) in [5.74, 6) is -1.25. The molecule has 1 aromatic rings. The fourth-order valence-electron chi connectivity index (χ4n) is 2.99. The molecule has 146 valence electrons. The number of amides is 1. The maximum atomic E-state index is 12.6. The molecule has 0 heterocycles. The summed E-state index contributed by atoms with van der Waals surface area (Å²) in [5.41, 5.74) is 2.30. The lowest BCUT2D eigenvalue weighted by Crippen LogP contribution is -2.40. The van der Waals surface area contributed by atoms with Gasteiger partial charge in [0.15, 0.2) is 0 Å². The molecule has 1 amide bonds. The van der Waals surface area contributed by atoms with Crippen molar-refractivity contribution in [3.63, 3.8) is 0 Å². The number of rotatable bonds is 9. The molecule has 0 saturated carbocycles. The van der Waals surface area contributed by atoms with Crippen LogP contribution in [0.15, 0.2) is 17.0 Å². The molecule has 0 aliphatic rings. The molecular formula is C18H28N2O5S. The molecule has 0 unspecified atom stereocenters. The van der Waals surface area contributed by atoms with Gasteiger partial charge in [-0.25, -0.2) is 13.1 Å². The monoisotopic (exact) mass is 384 g/mol. The molecular weight excluding hydrogens is 356 g/mol. The van der Waals surface area contributed by atoms with E-state index in [0.29, 0.717) is 11.1 Å². The molecule has 0 bridgehead atoms. The molecule has 0 radical (unpaired) electrons. The highest BCUT2D eigenvalue weighted by molar-refractivity contribution is 7.89. The van der Waals surface area contributed by atoms with Crippen LogP contribution in [0.25, 0.3) is 0 Å². The van der Waals surface area contributed by atoms with Crippen molar-refractivity contribution in [2.24, 2.45) is 0 Å². The Labute approximate surface area is 155 Å². The summed E-state index contributed by atoms with van der Waals surface area (Å²) in [6.45, 7) is 9.04. The largest absolute Gasteiger partial charge is 0.481 e. The van der Waals surface area contributed by atoms with Crippen LogP contribution in [0.3, 0.4) is 0 Å². The molecule has 0 saturated heterocycles. The third-order valence-corrected chi connectivity index (χ3v) is 5.78. The summed E-state index contributed by atoms with van der Waals surface area (Å²) < 4.78 is 27.6. The highest BCUT2D eigenvalue weighted by atomic mass is 32.2. The van der Waals surface area contributed by atoms with Crippen LogP contribution < -0.4 is 4.72 Å². The summed E-state index contributed by atoms with van der Waals surface area (Å²) in [6, 6.07) is 3.46. The molecule has 0 aromatic heterocycles. The number of aliphatic carboxylic acids is 1. The van der Waals surface area contributed by atoms with Gasteiger partial charge in [0, 0.05) is 25.6 Å². The van der Waals surface area contributed by atoms with E-state index < -0.39 is 16.0 Å². The standard InChI is InChI=1S/C18H28N2O5S/c1-12(2)20(9-7-17(22)23)16(21)6-8-19-26(24,25)18-14(4)10-13(3)11-15(18)5/h10-12,19H,6-9H2,1-5H3,(H,22,23). The first-order chi connectivity index (χ1) is 12.0. The topological polar surface area (TPSA) is 104 Å². The second-order valence-corrected chi connectivity index (χ2v) is 8.40. The highest BCUT2D eigenvalue weighted by Gasteiger charge is 2.22. The lowest BCUT2D eigenvalue weighted by atomic mass is 10.1. The van der Waals surface area contributed by atoms with Crippen LogP contribution in [0.5, 0.6) is 0 Å². The third-order valence-electron chi connectivity index (χ3n) is 4.01. The zero-order valence-corrected chi connectivity index (χ0v) is 16.8. The average molecular weight is 384 g/mol. The molecule has 0 atom stereocenters. The van der Waals surface area contributed by atoms with Crippen molar-refractivity contribution in [3.8, 4) is 0 Å². The number of sulfonamides is 1. The van der Waals surface area contributed by atoms with E-state index in [1.54, 1.807) is 39.8 Å². The first-order valence-electron chi connectivity index (χ1n) is 8.54. The van der Waals surface area contributed by atoms with Gasteiger partial charge in [-0.15, -0.1) is 0 Å². The van der Waals surface area contributed by atoms with Gasteiger partial charge in [0.2, 0.25) is 15.9 Å². The normalized spacial score (nSPS) is 11.6.